The second-order valence-electron chi connectivity index (χ2n) is 6.64. The molecule has 3 rings (SSSR count). The summed E-state index contributed by atoms with van der Waals surface area (Å²) in [5, 5.41) is 2.59. The maximum Gasteiger partial charge on any atom is 0.338 e. The Morgan fingerprint density at radius 2 is 1.69 bits per heavy atom. The fourth-order valence-electron chi connectivity index (χ4n) is 2.78. The molecule has 0 atom stereocenters. The molecule has 0 bridgehead atoms. The van der Waals surface area contributed by atoms with Gasteiger partial charge >= 0.3 is 5.97 Å². The van der Waals surface area contributed by atoms with E-state index in [0.717, 1.165) is 5.56 Å². The van der Waals surface area contributed by atoms with Crippen molar-refractivity contribution >= 4 is 17.6 Å². The largest absolute Gasteiger partial charge is 0.497 e. The summed E-state index contributed by atoms with van der Waals surface area (Å²) in [5.74, 6) is -0.134. The third-order valence-electron chi connectivity index (χ3n) is 4.39. The highest BCUT2D eigenvalue weighted by molar-refractivity contribution is 5.92. The third kappa shape index (κ3) is 6.21. The van der Waals surface area contributed by atoms with E-state index in [-0.39, 0.29) is 30.3 Å². The molecule has 3 aromatic carbocycles. The van der Waals surface area contributed by atoms with Crippen LogP contribution in [0.4, 0.5) is 10.1 Å². The van der Waals surface area contributed by atoms with Crippen molar-refractivity contribution in [3.8, 4) is 17.2 Å². The van der Waals surface area contributed by atoms with Gasteiger partial charge in [0.05, 0.1) is 19.8 Å². The summed E-state index contributed by atoms with van der Waals surface area (Å²) >= 11 is 0. The van der Waals surface area contributed by atoms with E-state index in [1.54, 1.807) is 19.2 Å². The number of anilines is 1. The topological polar surface area (TPSA) is 83.1 Å². The van der Waals surface area contributed by atoms with Gasteiger partial charge in [-0.2, -0.15) is 0 Å². The first-order chi connectivity index (χ1) is 15.5. The highest BCUT2D eigenvalue weighted by Crippen LogP contribution is 2.28. The molecule has 0 saturated heterocycles. The zero-order chi connectivity index (χ0) is 22.9. The predicted molar refractivity (Wildman–Crippen MR) is 116 cm³/mol. The van der Waals surface area contributed by atoms with Gasteiger partial charge in [-0.3, -0.25) is 4.79 Å². The average Bonchev–Trinajstić information content (AvgIpc) is 2.82. The zero-order valence-electron chi connectivity index (χ0n) is 17.6. The number of carbonyl (C=O) groups is 2. The molecule has 1 N–H and O–H groups in total. The lowest BCUT2D eigenvalue weighted by Gasteiger charge is -2.12. The molecular formula is C24H22FNO6. The van der Waals surface area contributed by atoms with Crippen LogP contribution in [0.25, 0.3) is 0 Å². The molecule has 166 valence electrons. The summed E-state index contributed by atoms with van der Waals surface area (Å²) in [5.41, 5.74) is 1.51. The van der Waals surface area contributed by atoms with Crippen molar-refractivity contribution in [2.24, 2.45) is 0 Å². The molecule has 0 unspecified atom stereocenters. The molecule has 0 fully saturated rings. The van der Waals surface area contributed by atoms with Gasteiger partial charge in [-0.1, -0.05) is 12.1 Å². The Morgan fingerprint density at radius 3 is 2.41 bits per heavy atom. The first kappa shape index (κ1) is 22.6. The van der Waals surface area contributed by atoms with Crippen molar-refractivity contribution in [3.05, 3.63) is 83.7 Å². The van der Waals surface area contributed by atoms with Crippen molar-refractivity contribution in [2.45, 2.75) is 6.61 Å². The molecular weight excluding hydrogens is 417 g/mol. The van der Waals surface area contributed by atoms with E-state index in [1.807, 2.05) is 12.1 Å². The van der Waals surface area contributed by atoms with Crippen molar-refractivity contribution < 1.29 is 32.9 Å². The van der Waals surface area contributed by atoms with Gasteiger partial charge in [0.15, 0.2) is 18.1 Å². The van der Waals surface area contributed by atoms with Crippen LogP contribution in [-0.2, 0) is 16.1 Å². The number of ether oxygens (including phenoxy) is 4. The van der Waals surface area contributed by atoms with Crippen molar-refractivity contribution in [1.29, 1.82) is 0 Å². The monoisotopic (exact) mass is 439 g/mol. The predicted octanol–water partition coefficient (Wildman–Crippen LogP) is 4.22. The van der Waals surface area contributed by atoms with E-state index >= 15 is 0 Å². The summed E-state index contributed by atoms with van der Waals surface area (Å²) in [7, 11) is 2.99. The standard InChI is InChI=1S/C24H22FNO6/c1-29-20-5-3-4-16(12-20)14-32-24(28)17-6-11-21(22(13-17)30-2)31-15-23(27)26-19-9-7-18(25)8-10-19/h3-13H,14-15H2,1-2H3,(H,26,27). The molecule has 0 aromatic heterocycles. The van der Waals surface area contributed by atoms with Gasteiger partial charge in [0, 0.05) is 5.69 Å². The Balaban J connectivity index is 1.57. The van der Waals surface area contributed by atoms with Crippen LogP contribution in [0.1, 0.15) is 15.9 Å². The number of carbonyl (C=O) groups excluding carboxylic acids is 2. The second kappa shape index (κ2) is 10.8. The van der Waals surface area contributed by atoms with Crippen molar-refractivity contribution in [2.75, 3.05) is 26.1 Å². The Morgan fingerprint density at radius 1 is 0.906 bits per heavy atom. The van der Waals surface area contributed by atoms with Crippen LogP contribution in [0.5, 0.6) is 17.2 Å². The molecule has 0 saturated carbocycles. The number of benzene rings is 3. The lowest BCUT2D eigenvalue weighted by Crippen LogP contribution is -2.20. The van der Waals surface area contributed by atoms with Crippen LogP contribution in [0.15, 0.2) is 66.7 Å². The fraction of sp³-hybridized carbons (Fsp3) is 0.167. The SMILES string of the molecule is COc1cccc(COC(=O)c2ccc(OCC(=O)Nc3ccc(F)cc3)c(OC)c2)c1. The molecule has 7 nitrogen and oxygen atoms in total. The lowest BCUT2D eigenvalue weighted by atomic mass is 10.2. The summed E-state index contributed by atoms with van der Waals surface area (Å²) in [6.45, 7) is -0.215. The van der Waals surface area contributed by atoms with E-state index < -0.39 is 17.7 Å². The quantitative estimate of drug-likeness (QED) is 0.503. The number of rotatable bonds is 9. The molecule has 0 aliphatic carbocycles. The minimum atomic E-state index is -0.535. The summed E-state index contributed by atoms with van der Waals surface area (Å²) in [4.78, 5) is 24.5. The second-order valence-corrected chi connectivity index (χ2v) is 6.64. The third-order valence-corrected chi connectivity index (χ3v) is 4.39. The number of methoxy groups -OCH3 is 2. The number of nitrogens with one attached hydrogen (secondary N) is 1. The minimum absolute atomic E-state index is 0.0835. The van der Waals surface area contributed by atoms with Crippen LogP contribution >= 0.6 is 0 Å². The Labute approximate surface area is 184 Å². The van der Waals surface area contributed by atoms with Crippen molar-refractivity contribution in [1.82, 2.24) is 0 Å². The Hall–Kier alpha value is -4.07. The highest BCUT2D eigenvalue weighted by atomic mass is 19.1. The maximum atomic E-state index is 12.9. The Bertz CT molecular complexity index is 1080. The van der Waals surface area contributed by atoms with E-state index in [4.69, 9.17) is 18.9 Å². The first-order valence-electron chi connectivity index (χ1n) is 9.65. The zero-order valence-corrected chi connectivity index (χ0v) is 17.6. The molecule has 8 heteroatoms. The fourth-order valence-corrected chi connectivity index (χ4v) is 2.78. The molecule has 0 spiro atoms. The van der Waals surface area contributed by atoms with Gasteiger partial charge in [0.1, 0.15) is 18.2 Å². The number of hydrogen-bond acceptors (Lipinski definition) is 6. The molecule has 0 aliphatic rings. The molecule has 32 heavy (non-hydrogen) atoms. The van der Waals surface area contributed by atoms with Crippen LogP contribution in [-0.4, -0.2) is 32.7 Å². The number of halogens is 1. The van der Waals surface area contributed by atoms with Gasteiger partial charge in [0.2, 0.25) is 0 Å². The highest BCUT2D eigenvalue weighted by Gasteiger charge is 2.14. The van der Waals surface area contributed by atoms with Crippen LogP contribution in [0.3, 0.4) is 0 Å². The normalized spacial score (nSPS) is 10.2. The number of hydrogen-bond donors (Lipinski definition) is 1. The summed E-state index contributed by atoms with van der Waals surface area (Å²) < 4.78 is 34.2. The van der Waals surface area contributed by atoms with Crippen LogP contribution < -0.4 is 19.5 Å². The van der Waals surface area contributed by atoms with Crippen LogP contribution in [0.2, 0.25) is 0 Å². The molecule has 3 aromatic rings. The summed E-state index contributed by atoms with van der Waals surface area (Å²) in [6.07, 6.45) is 0. The molecule has 0 aliphatic heterocycles. The smallest absolute Gasteiger partial charge is 0.338 e. The van der Waals surface area contributed by atoms with E-state index in [1.165, 1.54) is 49.6 Å². The van der Waals surface area contributed by atoms with Crippen molar-refractivity contribution in [3.63, 3.8) is 0 Å². The Kier molecular flexibility index (Phi) is 7.64. The number of esters is 1. The maximum absolute atomic E-state index is 12.9. The van der Waals surface area contributed by atoms with Gasteiger partial charge < -0.3 is 24.3 Å². The molecule has 0 heterocycles. The van der Waals surface area contributed by atoms with Gasteiger partial charge in [0.25, 0.3) is 5.91 Å². The van der Waals surface area contributed by atoms with E-state index in [0.29, 0.717) is 11.4 Å². The minimum Gasteiger partial charge on any atom is -0.497 e. The van der Waals surface area contributed by atoms with E-state index in [9.17, 15) is 14.0 Å². The van der Waals surface area contributed by atoms with Gasteiger partial charge in [-0.15, -0.1) is 0 Å². The van der Waals surface area contributed by atoms with Gasteiger partial charge in [-0.25, -0.2) is 9.18 Å². The number of amides is 1. The molecule has 0 radical (unpaired) electrons. The van der Waals surface area contributed by atoms with E-state index in [2.05, 4.69) is 5.32 Å². The summed E-state index contributed by atoms with van der Waals surface area (Å²) in [6, 6.07) is 17.1. The van der Waals surface area contributed by atoms with Crippen LogP contribution in [0, 0.1) is 5.82 Å². The average molecular weight is 439 g/mol. The lowest BCUT2D eigenvalue weighted by molar-refractivity contribution is -0.118. The first-order valence-corrected chi connectivity index (χ1v) is 9.65. The molecule has 1 amide bonds. The van der Waals surface area contributed by atoms with Gasteiger partial charge in [-0.05, 0) is 60.2 Å².